The van der Waals surface area contributed by atoms with Crippen molar-refractivity contribution in [3.05, 3.63) is 70.6 Å². The summed E-state index contributed by atoms with van der Waals surface area (Å²) >= 11 is 2.71. The number of aromatic nitrogens is 4. The van der Waals surface area contributed by atoms with Crippen LogP contribution in [0, 0.1) is 5.82 Å². The number of hydrogen-bond donors (Lipinski definition) is 1. The van der Waals surface area contributed by atoms with Crippen molar-refractivity contribution in [1.82, 2.24) is 20.4 Å². The molecule has 2 heterocycles. The standard InChI is InChI=1S/C18H12FN5OS2/c19-12-5-7-13(8-6-12)21-16(25)18-24-22-15(27-18)10-26-17-14-4-2-1-3-11(14)9-20-23-17/h1-9H,10H2,(H,21,25). The van der Waals surface area contributed by atoms with Crippen molar-refractivity contribution < 1.29 is 9.18 Å². The first-order valence-electron chi connectivity index (χ1n) is 7.91. The average molecular weight is 397 g/mol. The van der Waals surface area contributed by atoms with Crippen LogP contribution in [-0.4, -0.2) is 26.3 Å². The molecule has 2 aromatic carbocycles. The Morgan fingerprint density at radius 1 is 1.07 bits per heavy atom. The average Bonchev–Trinajstić information content (AvgIpc) is 3.17. The van der Waals surface area contributed by atoms with Crippen molar-refractivity contribution in [2.45, 2.75) is 10.8 Å². The molecule has 0 saturated carbocycles. The van der Waals surface area contributed by atoms with Gasteiger partial charge in [0.15, 0.2) is 0 Å². The zero-order chi connectivity index (χ0) is 18.6. The number of carbonyl (C=O) groups excluding carboxylic acids is 1. The number of amides is 1. The Hall–Kier alpha value is -2.91. The van der Waals surface area contributed by atoms with E-state index in [2.05, 4.69) is 25.7 Å². The van der Waals surface area contributed by atoms with Crippen LogP contribution in [0.15, 0.2) is 59.8 Å². The van der Waals surface area contributed by atoms with Gasteiger partial charge in [0, 0.05) is 16.5 Å². The highest BCUT2D eigenvalue weighted by atomic mass is 32.2. The largest absolute Gasteiger partial charge is 0.320 e. The molecule has 0 unspecified atom stereocenters. The summed E-state index contributed by atoms with van der Waals surface area (Å²) in [6, 6.07) is 13.4. The first-order valence-corrected chi connectivity index (χ1v) is 9.72. The molecule has 4 aromatic rings. The molecule has 27 heavy (non-hydrogen) atoms. The lowest BCUT2D eigenvalue weighted by Gasteiger charge is -2.02. The van der Waals surface area contributed by atoms with E-state index in [1.165, 1.54) is 47.4 Å². The molecule has 6 nitrogen and oxygen atoms in total. The molecule has 134 valence electrons. The highest BCUT2D eigenvalue weighted by molar-refractivity contribution is 7.98. The van der Waals surface area contributed by atoms with Crippen molar-refractivity contribution in [1.29, 1.82) is 0 Å². The van der Waals surface area contributed by atoms with Crippen molar-refractivity contribution in [2.24, 2.45) is 0 Å². The lowest BCUT2D eigenvalue weighted by molar-refractivity contribution is 0.102. The molecule has 9 heteroatoms. The first-order chi connectivity index (χ1) is 13.2. The van der Waals surface area contributed by atoms with Crippen LogP contribution in [0.2, 0.25) is 0 Å². The quantitative estimate of drug-likeness (QED) is 0.509. The van der Waals surface area contributed by atoms with E-state index in [0.29, 0.717) is 16.4 Å². The van der Waals surface area contributed by atoms with Gasteiger partial charge in [-0.15, -0.1) is 15.3 Å². The molecule has 0 aliphatic carbocycles. The van der Waals surface area contributed by atoms with E-state index < -0.39 is 0 Å². The molecule has 0 fully saturated rings. The molecule has 0 aliphatic rings. The van der Waals surface area contributed by atoms with E-state index in [-0.39, 0.29) is 16.7 Å². The number of nitrogens with zero attached hydrogens (tertiary/aromatic N) is 4. The van der Waals surface area contributed by atoms with E-state index in [4.69, 9.17) is 0 Å². The molecular formula is C18H12FN5OS2. The number of benzene rings is 2. The lowest BCUT2D eigenvalue weighted by atomic mass is 10.2. The monoisotopic (exact) mass is 397 g/mol. The number of halogens is 1. The topological polar surface area (TPSA) is 80.7 Å². The normalized spacial score (nSPS) is 10.9. The van der Waals surface area contributed by atoms with E-state index in [1.54, 1.807) is 6.20 Å². The Labute approximate surface area is 161 Å². The summed E-state index contributed by atoms with van der Waals surface area (Å²) in [5, 5.41) is 22.7. The number of anilines is 1. The van der Waals surface area contributed by atoms with Gasteiger partial charge in [0.25, 0.3) is 5.91 Å². The number of rotatable bonds is 5. The maximum absolute atomic E-state index is 12.9. The predicted octanol–water partition coefficient (Wildman–Crippen LogP) is 4.17. The van der Waals surface area contributed by atoms with Crippen LogP contribution in [0.1, 0.15) is 14.8 Å². The number of nitrogens with one attached hydrogen (secondary N) is 1. The molecule has 0 saturated heterocycles. The maximum atomic E-state index is 12.9. The molecule has 1 N–H and O–H groups in total. The minimum atomic E-state index is -0.375. The van der Waals surface area contributed by atoms with Gasteiger partial charge in [0.05, 0.1) is 11.9 Å². The summed E-state index contributed by atoms with van der Waals surface area (Å²) in [4.78, 5) is 12.2. The summed E-state index contributed by atoms with van der Waals surface area (Å²) in [6.45, 7) is 0. The van der Waals surface area contributed by atoms with Gasteiger partial charge >= 0.3 is 0 Å². The number of hydrogen-bond acceptors (Lipinski definition) is 7. The minimum Gasteiger partial charge on any atom is -0.320 e. The smallest absolute Gasteiger partial charge is 0.286 e. The second-order valence-corrected chi connectivity index (χ2v) is 7.51. The zero-order valence-electron chi connectivity index (χ0n) is 13.8. The van der Waals surface area contributed by atoms with Gasteiger partial charge in [0.2, 0.25) is 5.01 Å². The Balaban J connectivity index is 1.43. The third-order valence-corrected chi connectivity index (χ3v) is 5.73. The van der Waals surface area contributed by atoms with Gasteiger partial charge < -0.3 is 5.32 Å². The molecule has 0 atom stereocenters. The molecule has 2 aromatic heterocycles. The van der Waals surface area contributed by atoms with Gasteiger partial charge in [-0.3, -0.25) is 4.79 Å². The van der Waals surface area contributed by atoms with Gasteiger partial charge in [-0.25, -0.2) is 4.39 Å². The number of fused-ring (bicyclic) bond motifs is 1. The van der Waals surface area contributed by atoms with Crippen molar-refractivity contribution in [3.63, 3.8) is 0 Å². The van der Waals surface area contributed by atoms with E-state index >= 15 is 0 Å². The molecule has 0 bridgehead atoms. The minimum absolute atomic E-state index is 0.249. The molecule has 1 amide bonds. The second kappa shape index (κ2) is 7.77. The Morgan fingerprint density at radius 3 is 2.74 bits per heavy atom. The predicted molar refractivity (Wildman–Crippen MR) is 103 cm³/mol. The molecular weight excluding hydrogens is 385 g/mol. The first kappa shape index (κ1) is 17.5. The number of carbonyl (C=O) groups is 1. The fourth-order valence-electron chi connectivity index (χ4n) is 2.36. The molecule has 4 rings (SSSR count). The molecule has 0 aliphatic heterocycles. The SMILES string of the molecule is O=C(Nc1ccc(F)cc1)c1nnc(CSc2nncc3ccccc23)s1. The summed E-state index contributed by atoms with van der Waals surface area (Å²) in [5.74, 6) is -0.204. The fraction of sp³-hybridized carbons (Fsp3) is 0.0556. The summed E-state index contributed by atoms with van der Waals surface area (Å²) in [6.07, 6.45) is 1.72. The van der Waals surface area contributed by atoms with Crippen LogP contribution >= 0.6 is 23.1 Å². The molecule has 0 radical (unpaired) electrons. The Bertz CT molecular complexity index is 1100. The number of thioether (sulfide) groups is 1. The highest BCUT2D eigenvalue weighted by Crippen LogP contribution is 2.28. The van der Waals surface area contributed by atoms with Gasteiger partial charge in [-0.2, -0.15) is 5.10 Å². The van der Waals surface area contributed by atoms with Crippen LogP contribution < -0.4 is 5.32 Å². The fourth-order valence-corrected chi connectivity index (χ4v) is 4.07. The van der Waals surface area contributed by atoms with Gasteiger partial charge in [-0.05, 0) is 24.3 Å². The second-order valence-electron chi connectivity index (χ2n) is 5.49. The van der Waals surface area contributed by atoms with Crippen LogP contribution in [0.25, 0.3) is 10.8 Å². The van der Waals surface area contributed by atoms with Gasteiger partial charge in [-0.1, -0.05) is 47.4 Å². The van der Waals surface area contributed by atoms with E-state index in [1.807, 2.05) is 24.3 Å². The van der Waals surface area contributed by atoms with E-state index in [0.717, 1.165) is 15.8 Å². The highest BCUT2D eigenvalue weighted by Gasteiger charge is 2.14. The summed E-state index contributed by atoms with van der Waals surface area (Å²) in [7, 11) is 0. The van der Waals surface area contributed by atoms with Crippen molar-refractivity contribution >= 4 is 45.5 Å². The third-order valence-electron chi connectivity index (χ3n) is 3.63. The van der Waals surface area contributed by atoms with Crippen molar-refractivity contribution in [3.8, 4) is 0 Å². The maximum Gasteiger partial charge on any atom is 0.286 e. The van der Waals surface area contributed by atoms with Crippen LogP contribution in [0.4, 0.5) is 10.1 Å². The molecule has 0 spiro atoms. The summed E-state index contributed by atoms with van der Waals surface area (Å²) in [5.41, 5.74) is 0.499. The Morgan fingerprint density at radius 2 is 1.89 bits per heavy atom. The third kappa shape index (κ3) is 4.09. The van der Waals surface area contributed by atoms with Crippen LogP contribution in [-0.2, 0) is 5.75 Å². The van der Waals surface area contributed by atoms with Crippen LogP contribution in [0.3, 0.4) is 0 Å². The van der Waals surface area contributed by atoms with Crippen LogP contribution in [0.5, 0.6) is 0 Å². The Kier molecular flexibility index (Phi) is 5.03. The van der Waals surface area contributed by atoms with E-state index in [9.17, 15) is 9.18 Å². The lowest BCUT2D eigenvalue weighted by Crippen LogP contribution is -2.11. The van der Waals surface area contributed by atoms with Gasteiger partial charge in [0.1, 0.15) is 15.9 Å². The summed E-state index contributed by atoms with van der Waals surface area (Å²) < 4.78 is 12.9. The zero-order valence-corrected chi connectivity index (χ0v) is 15.4. The van der Waals surface area contributed by atoms with Crippen molar-refractivity contribution in [2.75, 3.05) is 5.32 Å².